The van der Waals surface area contributed by atoms with Crippen LogP contribution in [-0.2, 0) is 6.42 Å². The van der Waals surface area contributed by atoms with E-state index in [1.807, 2.05) is 6.07 Å². The first-order chi connectivity index (χ1) is 6.31. The van der Waals surface area contributed by atoms with E-state index in [1.54, 1.807) is 0 Å². The Kier molecular flexibility index (Phi) is 2.41. The summed E-state index contributed by atoms with van der Waals surface area (Å²) in [7, 11) is 0. The van der Waals surface area contributed by atoms with Crippen LogP contribution in [0.5, 0.6) is 0 Å². The zero-order valence-corrected chi connectivity index (χ0v) is 8.56. The van der Waals surface area contributed by atoms with Gasteiger partial charge in [0.15, 0.2) is 0 Å². The minimum atomic E-state index is 0.850. The lowest BCUT2D eigenvalue weighted by Crippen LogP contribution is -1.84. The monoisotopic (exact) mass is 192 g/mol. The third-order valence-electron chi connectivity index (χ3n) is 2.51. The van der Waals surface area contributed by atoms with Gasteiger partial charge < -0.3 is 0 Å². The lowest BCUT2D eigenvalue weighted by molar-refractivity contribution is 0.975. The van der Waals surface area contributed by atoms with Crippen LogP contribution in [0.1, 0.15) is 30.9 Å². The maximum atomic E-state index is 5.96. The van der Waals surface area contributed by atoms with Crippen molar-refractivity contribution in [3.05, 3.63) is 40.4 Å². The van der Waals surface area contributed by atoms with Crippen LogP contribution >= 0.6 is 11.6 Å². The average Bonchev–Trinajstić information content (AvgIpc) is 2.49. The van der Waals surface area contributed by atoms with Gasteiger partial charge in [-0.05, 0) is 41.7 Å². The van der Waals surface area contributed by atoms with Crippen molar-refractivity contribution >= 4 is 17.2 Å². The molecule has 1 aromatic carbocycles. The van der Waals surface area contributed by atoms with Gasteiger partial charge in [0.25, 0.3) is 0 Å². The maximum absolute atomic E-state index is 5.96. The van der Waals surface area contributed by atoms with Crippen molar-refractivity contribution in [3.8, 4) is 0 Å². The van der Waals surface area contributed by atoms with Crippen molar-refractivity contribution in [1.82, 2.24) is 0 Å². The van der Waals surface area contributed by atoms with E-state index in [1.165, 1.54) is 29.5 Å². The lowest BCUT2D eigenvalue weighted by Gasteiger charge is -2.04. The first-order valence-corrected chi connectivity index (χ1v) is 5.17. The van der Waals surface area contributed by atoms with Gasteiger partial charge in [-0.2, -0.15) is 0 Å². The summed E-state index contributed by atoms with van der Waals surface area (Å²) >= 11 is 5.96. The Morgan fingerprint density at radius 3 is 3.00 bits per heavy atom. The summed E-state index contributed by atoms with van der Waals surface area (Å²) in [5.74, 6) is 0. The number of halogens is 1. The molecule has 0 amide bonds. The number of fused-ring (bicyclic) bond motifs is 1. The topological polar surface area (TPSA) is 0 Å². The first-order valence-electron chi connectivity index (χ1n) is 4.79. The molecule has 0 fully saturated rings. The molecule has 0 N–H and O–H groups in total. The number of allylic oxidation sites excluding steroid dienone is 2. The fraction of sp³-hybridized carbons (Fsp3) is 0.333. The molecule has 0 heterocycles. The van der Waals surface area contributed by atoms with Crippen LogP contribution in [0.2, 0.25) is 5.02 Å². The Hall–Kier alpha value is -0.750. The SMILES string of the molecule is CCCC1=CCc2ccc(Cl)cc21. The fourth-order valence-corrected chi connectivity index (χ4v) is 2.05. The highest BCUT2D eigenvalue weighted by Crippen LogP contribution is 2.32. The van der Waals surface area contributed by atoms with Gasteiger partial charge in [0.05, 0.1) is 0 Å². The van der Waals surface area contributed by atoms with Crippen molar-refractivity contribution in [3.63, 3.8) is 0 Å². The third-order valence-corrected chi connectivity index (χ3v) is 2.74. The number of rotatable bonds is 2. The highest BCUT2D eigenvalue weighted by molar-refractivity contribution is 6.30. The van der Waals surface area contributed by atoms with Gasteiger partial charge in [-0.1, -0.05) is 37.1 Å². The first kappa shape index (κ1) is 8.83. The maximum Gasteiger partial charge on any atom is 0.0412 e. The molecule has 0 nitrogen and oxygen atoms in total. The minimum absolute atomic E-state index is 0.850. The number of hydrogen-bond donors (Lipinski definition) is 0. The predicted molar refractivity (Wildman–Crippen MR) is 58.0 cm³/mol. The quantitative estimate of drug-likeness (QED) is 0.663. The molecule has 0 bridgehead atoms. The lowest BCUT2D eigenvalue weighted by atomic mass is 10.0. The zero-order valence-electron chi connectivity index (χ0n) is 7.81. The van der Waals surface area contributed by atoms with Gasteiger partial charge in [-0.15, -0.1) is 0 Å². The average molecular weight is 193 g/mol. The molecule has 68 valence electrons. The third kappa shape index (κ3) is 1.64. The molecule has 1 heteroatoms. The second kappa shape index (κ2) is 3.55. The van der Waals surface area contributed by atoms with Crippen LogP contribution in [0.15, 0.2) is 24.3 Å². The van der Waals surface area contributed by atoms with Crippen molar-refractivity contribution in [1.29, 1.82) is 0 Å². The van der Waals surface area contributed by atoms with E-state index in [0.29, 0.717) is 0 Å². The summed E-state index contributed by atoms with van der Waals surface area (Å²) in [6.45, 7) is 2.21. The molecule has 0 aromatic heterocycles. The van der Waals surface area contributed by atoms with Gasteiger partial charge in [0.1, 0.15) is 0 Å². The molecule has 0 saturated heterocycles. The Balaban J connectivity index is 2.36. The number of benzene rings is 1. The zero-order chi connectivity index (χ0) is 9.26. The molecule has 0 radical (unpaired) electrons. The predicted octanol–water partition coefficient (Wildman–Crippen LogP) is 4.08. The summed E-state index contributed by atoms with van der Waals surface area (Å²) in [4.78, 5) is 0. The summed E-state index contributed by atoms with van der Waals surface area (Å²) < 4.78 is 0. The summed E-state index contributed by atoms with van der Waals surface area (Å²) in [5.41, 5.74) is 4.27. The van der Waals surface area contributed by atoms with E-state index in [2.05, 4.69) is 25.1 Å². The summed E-state index contributed by atoms with van der Waals surface area (Å²) in [6.07, 6.45) is 5.79. The van der Waals surface area contributed by atoms with E-state index in [9.17, 15) is 0 Å². The molecule has 1 aromatic rings. The smallest absolute Gasteiger partial charge is 0.0412 e. The summed E-state index contributed by atoms with van der Waals surface area (Å²) in [5, 5.41) is 0.850. The van der Waals surface area contributed by atoms with E-state index in [0.717, 1.165) is 11.4 Å². The van der Waals surface area contributed by atoms with Crippen molar-refractivity contribution in [2.45, 2.75) is 26.2 Å². The molecule has 0 saturated carbocycles. The normalized spacial score (nSPS) is 14.2. The molecular weight excluding hydrogens is 180 g/mol. The van der Waals surface area contributed by atoms with E-state index in [-0.39, 0.29) is 0 Å². The molecular formula is C12H13Cl. The molecule has 0 aliphatic heterocycles. The Morgan fingerprint density at radius 1 is 1.38 bits per heavy atom. The minimum Gasteiger partial charge on any atom is -0.0843 e. The molecule has 0 unspecified atom stereocenters. The standard InChI is InChI=1S/C12H13Cl/c1-2-3-9-4-5-10-6-7-11(13)8-12(9)10/h4,6-8H,2-3,5H2,1H3. The molecule has 0 atom stereocenters. The Morgan fingerprint density at radius 2 is 2.23 bits per heavy atom. The Bertz CT molecular complexity index is 350. The van der Waals surface area contributed by atoms with Gasteiger partial charge in [-0.3, -0.25) is 0 Å². The van der Waals surface area contributed by atoms with Crippen LogP contribution in [0.4, 0.5) is 0 Å². The largest absolute Gasteiger partial charge is 0.0843 e. The van der Waals surface area contributed by atoms with Crippen LogP contribution < -0.4 is 0 Å². The second-order valence-electron chi connectivity index (χ2n) is 3.48. The van der Waals surface area contributed by atoms with Crippen LogP contribution in [-0.4, -0.2) is 0 Å². The van der Waals surface area contributed by atoms with Gasteiger partial charge in [0.2, 0.25) is 0 Å². The van der Waals surface area contributed by atoms with Crippen LogP contribution in [0, 0.1) is 0 Å². The number of hydrogen-bond acceptors (Lipinski definition) is 0. The van der Waals surface area contributed by atoms with Gasteiger partial charge >= 0.3 is 0 Å². The van der Waals surface area contributed by atoms with Gasteiger partial charge in [0, 0.05) is 5.02 Å². The highest BCUT2D eigenvalue weighted by atomic mass is 35.5. The molecule has 13 heavy (non-hydrogen) atoms. The molecule has 1 aliphatic carbocycles. The van der Waals surface area contributed by atoms with E-state index >= 15 is 0 Å². The van der Waals surface area contributed by atoms with E-state index < -0.39 is 0 Å². The molecule has 0 spiro atoms. The molecule has 2 rings (SSSR count). The second-order valence-corrected chi connectivity index (χ2v) is 3.92. The fourth-order valence-electron chi connectivity index (χ4n) is 1.87. The van der Waals surface area contributed by atoms with Crippen molar-refractivity contribution < 1.29 is 0 Å². The van der Waals surface area contributed by atoms with Crippen LogP contribution in [0.25, 0.3) is 5.57 Å². The van der Waals surface area contributed by atoms with Crippen molar-refractivity contribution in [2.75, 3.05) is 0 Å². The van der Waals surface area contributed by atoms with Gasteiger partial charge in [-0.25, -0.2) is 0 Å². The summed E-state index contributed by atoms with van der Waals surface area (Å²) in [6, 6.07) is 6.20. The Labute approximate surface area is 84.2 Å². The highest BCUT2D eigenvalue weighted by Gasteiger charge is 2.12. The van der Waals surface area contributed by atoms with Crippen LogP contribution in [0.3, 0.4) is 0 Å². The van der Waals surface area contributed by atoms with E-state index in [4.69, 9.17) is 11.6 Å². The van der Waals surface area contributed by atoms with Crippen molar-refractivity contribution in [2.24, 2.45) is 0 Å². The molecule has 1 aliphatic rings.